The summed E-state index contributed by atoms with van der Waals surface area (Å²) in [4.78, 5) is 26.6. The molecule has 0 aromatic heterocycles. The van der Waals surface area contributed by atoms with Gasteiger partial charge in [-0.2, -0.15) is 0 Å². The van der Waals surface area contributed by atoms with Crippen LogP contribution in [0.15, 0.2) is 42.5 Å². The number of benzene rings is 2. The first-order chi connectivity index (χ1) is 13.4. The molecule has 0 aliphatic rings. The summed E-state index contributed by atoms with van der Waals surface area (Å²) in [6.45, 7) is 9.36. The number of nitrogens with zero attached hydrogens (tertiary/aromatic N) is 1. The summed E-state index contributed by atoms with van der Waals surface area (Å²) < 4.78 is 5.82. The number of carbonyl (C=O) groups excluding carboxylic acids is 2. The molecule has 0 saturated heterocycles. The highest BCUT2D eigenvalue weighted by Gasteiger charge is 2.21. The Hall–Kier alpha value is -2.82. The van der Waals surface area contributed by atoms with E-state index in [4.69, 9.17) is 4.74 Å². The molecule has 0 aliphatic carbocycles. The molecule has 1 N–H and O–H groups in total. The minimum absolute atomic E-state index is 0.0349. The third-order valence-corrected chi connectivity index (χ3v) is 4.46. The van der Waals surface area contributed by atoms with E-state index >= 15 is 0 Å². The smallest absolute Gasteiger partial charge is 0.244 e. The van der Waals surface area contributed by atoms with E-state index in [0.717, 1.165) is 29.7 Å². The van der Waals surface area contributed by atoms with Gasteiger partial charge in [-0.05, 0) is 49.9 Å². The molecule has 0 saturated carbocycles. The van der Waals surface area contributed by atoms with Crippen molar-refractivity contribution >= 4 is 23.2 Å². The highest BCUT2D eigenvalue weighted by Crippen LogP contribution is 2.29. The first kappa shape index (κ1) is 21.5. The second-order valence-corrected chi connectivity index (χ2v) is 6.95. The van der Waals surface area contributed by atoms with E-state index in [0.29, 0.717) is 11.4 Å². The number of aryl methyl sites for hydroxylation is 2. The number of para-hydroxylation sites is 3. The number of rotatable bonds is 8. The lowest BCUT2D eigenvalue weighted by Crippen LogP contribution is -2.37. The van der Waals surface area contributed by atoms with Crippen molar-refractivity contribution < 1.29 is 14.3 Å². The minimum Gasteiger partial charge on any atom is -0.489 e. The van der Waals surface area contributed by atoms with Crippen LogP contribution in [0.5, 0.6) is 5.75 Å². The van der Waals surface area contributed by atoms with Crippen molar-refractivity contribution in [2.75, 3.05) is 16.8 Å². The zero-order valence-corrected chi connectivity index (χ0v) is 17.4. The van der Waals surface area contributed by atoms with Crippen LogP contribution in [-0.4, -0.2) is 24.5 Å². The van der Waals surface area contributed by atoms with Crippen molar-refractivity contribution in [1.29, 1.82) is 0 Å². The Labute approximate surface area is 167 Å². The molecular weight excluding hydrogens is 352 g/mol. The molecule has 2 aromatic carbocycles. The third kappa shape index (κ3) is 5.35. The number of hydrogen-bond donors (Lipinski definition) is 1. The van der Waals surface area contributed by atoms with E-state index in [-0.39, 0.29) is 24.5 Å². The van der Waals surface area contributed by atoms with Crippen LogP contribution >= 0.6 is 0 Å². The number of hydrogen-bond acceptors (Lipinski definition) is 3. The molecule has 0 fully saturated rings. The summed E-state index contributed by atoms with van der Waals surface area (Å²) in [5.74, 6) is 0.142. The van der Waals surface area contributed by atoms with Gasteiger partial charge in [-0.25, -0.2) is 0 Å². The molecule has 0 bridgehead atoms. The molecule has 150 valence electrons. The van der Waals surface area contributed by atoms with Crippen LogP contribution in [0.4, 0.5) is 11.4 Å². The van der Waals surface area contributed by atoms with Crippen LogP contribution in [0.25, 0.3) is 0 Å². The third-order valence-electron chi connectivity index (χ3n) is 4.46. The summed E-state index contributed by atoms with van der Waals surface area (Å²) in [5.41, 5.74) is 3.63. The van der Waals surface area contributed by atoms with E-state index < -0.39 is 0 Å². The van der Waals surface area contributed by atoms with Crippen LogP contribution < -0.4 is 15.0 Å². The van der Waals surface area contributed by atoms with Gasteiger partial charge in [0.05, 0.1) is 11.8 Å². The number of ether oxygens (including phenoxy) is 1. The Morgan fingerprint density at radius 1 is 1.00 bits per heavy atom. The van der Waals surface area contributed by atoms with Crippen LogP contribution in [0.2, 0.25) is 0 Å². The summed E-state index contributed by atoms with van der Waals surface area (Å²) in [7, 11) is 0. The molecule has 0 aliphatic heterocycles. The Bertz CT molecular complexity index is 808. The number of carbonyl (C=O) groups is 2. The number of amides is 2. The first-order valence-electron chi connectivity index (χ1n) is 9.81. The lowest BCUT2D eigenvalue weighted by molar-refractivity contribution is -0.120. The van der Waals surface area contributed by atoms with Crippen LogP contribution in [0.1, 0.15) is 45.7 Å². The quantitative estimate of drug-likeness (QED) is 0.726. The standard InChI is InChI=1S/C23H30N2O3/c1-6-18-11-10-12-19(7-2)23(18)24-22(27)15-25(17(5)26)20-13-8-9-14-21(20)28-16(3)4/h8-14,16H,6-7,15H2,1-5H3,(H,24,27). The van der Waals surface area contributed by atoms with Gasteiger partial charge in [-0.1, -0.05) is 44.2 Å². The molecule has 2 rings (SSSR count). The topological polar surface area (TPSA) is 58.6 Å². The normalized spacial score (nSPS) is 10.6. The number of nitrogens with one attached hydrogen (secondary N) is 1. The highest BCUT2D eigenvalue weighted by atomic mass is 16.5. The molecular formula is C23H30N2O3. The van der Waals surface area contributed by atoms with Gasteiger partial charge < -0.3 is 10.1 Å². The monoisotopic (exact) mass is 382 g/mol. The maximum absolute atomic E-state index is 12.8. The molecule has 0 heterocycles. The fraction of sp³-hybridized carbons (Fsp3) is 0.391. The van der Waals surface area contributed by atoms with Gasteiger partial charge in [0.25, 0.3) is 0 Å². The van der Waals surface area contributed by atoms with E-state index in [9.17, 15) is 9.59 Å². The van der Waals surface area contributed by atoms with Crippen molar-refractivity contribution in [3.05, 3.63) is 53.6 Å². The van der Waals surface area contributed by atoms with Crippen molar-refractivity contribution in [2.45, 2.75) is 53.6 Å². The predicted octanol–water partition coefficient (Wildman–Crippen LogP) is 4.59. The summed E-state index contributed by atoms with van der Waals surface area (Å²) >= 11 is 0. The van der Waals surface area contributed by atoms with Gasteiger partial charge in [0.2, 0.25) is 11.8 Å². The average molecular weight is 383 g/mol. The largest absolute Gasteiger partial charge is 0.489 e. The minimum atomic E-state index is -0.231. The fourth-order valence-electron chi connectivity index (χ4n) is 3.13. The van der Waals surface area contributed by atoms with Crippen molar-refractivity contribution in [3.63, 3.8) is 0 Å². The lowest BCUT2D eigenvalue weighted by Gasteiger charge is -2.24. The Kier molecular flexibility index (Phi) is 7.61. The maximum Gasteiger partial charge on any atom is 0.244 e. The van der Waals surface area contributed by atoms with Gasteiger partial charge in [0.15, 0.2) is 0 Å². The van der Waals surface area contributed by atoms with Gasteiger partial charge in [0, 0.05) is 12.6 Å². The predicted molar refractivity (Wildman–Crippen MR) is 114 cm³/mol. The molecule has 5 heteroatoms. The maximum atomic E-state index is 12.8. The molecule has 28 heavy (non-hydrogen) atoms. The average Bonchev–Trinajstić information content (AvgIpc) is 2.66. The summed E-state index contributed by atoms with van der Waals surface area (Å²) in [6, 6.07) is 13.3. The van der Waals surface area contributed by atoms with Gasteiger partial charge in [0.1, 0.15) is 12.3 Å². The Morgan fingerprint density at radius 3 is 2.14 bits per heavy atom. The van der Waals surface area contributed by atoms with Crippen LogP contribution in [-0.2, 0) is 22.4 Å². The van der Waals surface area contributed by atoms with Crippen molar-refractivity contribution in [1.82, 2.24) is 0 Å². The number of anilines is 2. The summed E-state index contributed by atoms with van der Waals surface area (Å²) in [6.07, 6.45) is 1.61. The molecule has 2 amide bonds. The van der Waals surface area contributed by atoms with Gasteiger partial charge in [-0.15, -0.1) is 0 Å². The molecule has 0 unspecified atom stereocenters. The SMILES string of the molecule is CCc1cccc(CC)c1NC(=O)CN(C(C)=O)c1ccccc1OC(C)C. The van der Waals surface area contributed by atoms with Crippen molar-refractivity contribution in [2.24, 2.45) is 0 Å². The zero-order valence-electron chi connectivity index (χ0n) is 17.4. The molecule has 0 radical (unpaired) electrons. The van der Waals surface area contributed by atoms with E-state index in [1.54, 1.807) is 6.07 Å². The van der Waals surface area contributed by atoms with Crippen LogP contribution in [0.3, 0.4) is 0 Å². The molecule has 2 aromatic rings. The highest BCUT2D eigenvalue weighted by molar-refractivity contribution is 6.03. The fourth-order valence-corrected chi connectivity index (χ4v) is 3.13. The molecule has 0 spiro atoms. The zero-order chi connectivity index (χ0) is 20.7. The second-order valence-electron chi connectivity index (χ2n) is 6.95. The first-order valence-corrected chi connectivity index (χ1v) is 9.81. The van der Waals surface area contributed by atoms with Crippen molar-refractivity contribution in [3.8, 4) is 5.75 Å². The lowest BCUT2D eigenvalue weighted by atomic mass is 10.0. The summed E-state index contributed by atoms with van der Waals surface area (Å²) in [5, 5.41) is 3.02. The van der Waals surface area contributed by atoms with Crippen LogP contribution in [0, 0.1) is 0 Å². The van der Waals surface area contributed by atoms with E-state index in [1.807, 2.05) is 50.2 Å². The second kappa shape index (κ2) is 9.93. The molecule has 5 nitrogen and oxygen atoms in total. The molecule has 0 atom stereocenters. The Morgan fingerprint density at radius 2 is 1.61 bits per heavy atom. The van der Waals surface area contributed by atoms with E-state index in [2.05, 4.69) is 19.2 Å². The van der Waals surface area contributed by atoms with Gasteiger partial charge in [-0.3, -0.25) is 14.5 Å². The van der Waals surface area contributed by atoms with E-state index in [1.165, 1.54) is 11.8 Å². The Balaban J connectivity index is 2.27. The van der Waals surface area contributed by atoms with Gasteiger partial charge >= 0.3 is 0 Å².